The summed E-state index contributed by atoms with van der Waals surface area (Å²) in [7, 11) is 0. The van der Waals surface area contributed by atoms with Crippen LogP contribution in [0.2, 0.25) is 5.02 Å². The molecule has 0 aromatic heterocycles. The van der Waals surface area contributed by atoms with E-state index in [9.17, 15) is 20.4 Å². The molecule has 6 nitrogen and oxygen atoms in total. The van der Waals surface area contributed by atoms with E-state index in [4.69, 9.17) is 21.1 Å². The molecule has 0 spiro atoms. The second kappa shape index (κ2) is 8.67. The Bertz CT molecular complexity index is 926. The molecule has 0 aliphatic carbocycles. The van der Waals surface area contributed by atoms with Gasteiger partial charge in [0.25, 0.3) is 0 Å². The molecule has 3 unspecified atom stereocenters. The lowest BCUT2D eigenvalue weighted by atomic mass is 9.87. The van der Waals surface area contributed by atoms with E-state index < -0.39 is 37.1 Å². The summed E-state index contributed by atoms with van der Waals surface area (Å²) < 4.78 is 11.6. The van der Waals surface area contributed by atoms with Crippen molar-refractivity contribution in [1.82, 2.24) is 0 Å². The maximum Gasteiger partial charge on any atom is 0.141 e. The van der Waals surface area contributed by atoms with Gasteiger partial charge in [-0.15, -0.1) is 0 Å². The second-order valence-electron chi connectivity index (χ2n) is 7.72. The van der Waals surface area contributed by atoms with Gasteiger partial charge in [0, 0.05) is 12.0 Å². The summed E-state index contributed by atoms with van der Waals surface area (Å²) in [6.07, 6.45) is -3.19. The molecule has 0 amide bonds. The van der Waals surface area contributed by atoms with Gasteiger partial charge in [-0.3, -0.25) is 0 Å². The maximum atomic E-state index is 10.6. The summed E-state index contributed by atoms with van der Waals surface area (Å²) in [5.41, 5.74) is 4.33. The normalized spacial score (nSPS) is 28.1. The Hall–Kier alpha value is -1.93. The average molecular weight is 433 g/mol. The summed E-state index contributed by atoms with van der Waals surface area (Å²) in [5, 5.41) is 41.0. The number of rotatable bonds is 5. The first-order valence-corrected chi connectivity index (χ1v) is 10.3. The Morgan fingerprint density at radius 1 is 1.10 bits per heavy atom. The van der Waals surface area contributed by atoms with Gasteiger partial charge < -0.3 is 29.9 Å². The standard InChI is InChI=1S/C23H25ClO6/c1-2-12-3-5-13(6-4-12)9-14-10-16(15-7-8-29-22(15)18(14)24)23-21(28)20(27)19(26)17(11-25)30-23/h2-6,10,17,19-21,23,25-28H,1,7-9,11H2/t17?,19-,20?,21-,23?/m1/s1. The molecule has 2 aromatic carbocycles. The third-order valence-electron chi connectivity index (χ3n) is 5.84. The molecule has 2 aromatic rings. The molecule has 0 bridgehead atoms. The van der Waals surface area contributed by atoms with Crippen LogP contribution >= 0.6 is 11.6 Å². The Balaban J connectivity index is 1.73. The molecule has 0 saturated carbocycles. The lowest BCUT2D eigenvalue weighted by Gasteiger charge is -2.40. The number of hydrogen-bond donors (Lipinski definition) is 4. The van der Waals surface area contributed by atoms with Crippen LogP contribution in [0.5, 0.6) is 5.75 Å². The van der Waals surface area contributed by atoms with E-state index in [0.717, 1.165) is 22.3 Å². The topological polar surface area (TPSA) is 99.4 Å². The van der Waals surface area contributed by atoms with Crippen LogP contribution in [0, 0.1) is 0 Å². The highest BCUT2D eigenvalue weighted by molar-refractivity contribution is 6.33. The van der Waals surface area contributed by atoms with E-state index in [1.807, 2.05) is 30.3 Å². The fraction of sp³-hybridized carbons (Fsp3) is 0.391. The Morgan fingerprint density at radius 3 is 2.50 bits per heavy atom. The fourth-order valence-corrected chi connectivity index (χ4v) is 4.43. The van der Waals surface area contributed by atoms with E-state index in [2.05, 4.69) is 6.58 Å². The van der Waals surface area contributed by atoms with Crippen molar-refractivity contribution in [3.05, 3.63) is 69.8 Å². The predicted octanol–water partition coefficient (Wildman–Crippen LogP) is 2.02. The maximum absolute atomic E-state index is 10.6. The minimum absolute atomic E-state index is 0.455. The van der Waals surface area contributed by atoms with E-state index in [1.165, 1.54) is 0 Å². The fourth-order valence-electron chi connectivity index (χ4n) is 4.14. The first kappa shape index (κ1) is 21.3. The zero-order valence-corrected chi connectivity index (χ0v) is 17.1. The first-order valence-electron chi connectivity index (χ1n) is 9.93. The number of benzene rings is 2. The van der Waals surface area contributed by atoms with E-state index in [1.54, 1.807) is 6.08 Å². The summed E-state index contributed by atoms with van der Waals surface area (Å²) in [4.78, 5) is 0. The number of aliphatic hydroxyl groups is 4. The van der Waals surface area contributed by atoms with Gasteiger partial charge in [0.15, 0.2) is 0 Å². The van der Waals surface area contributed by atoms with Crippen molar-refractivity contribution in [2.24, 2.45) is 0 Å². The van der Waals surface area contributed by atoms with Crippen LogP contribution in [0.15, 0.2) is 36.9 Å². The molecular formula is C23H25ClO6. The highest BCUT2D eigenvalue weighted by Crippen LogP contribution is 2.44. The molecule has 7 heteroatoms. The van der Waals surface area contributed by atoms with Crippen molar-refractivity contribution in [1.29, 1.82) is 0 Å². The molecule has 4 N–H and O–H groups in total. The van der Waals surface area contributed by atoms with E-state index >= 15 is 0 Å². The molecule has 1 fully saturated rings. The first-order chi connectivity index (χ1) is 14.4. The van der Waals surface area contributed by atoms with Gasteiger partial charge in [0.2, 0.25) is 0 Å². The van der Waals surface area contributed by atoms with Gasteiger partial charge in [0.05, 0.1) is 18.2 Å². The quantitative estimate of drug-likeness (QED) is 0.577. The minimum atomic E-state index is -1.44. The van der Waals surface area contributed by atoms with Crippen LogP contribution in [0.4, 0.5) is 0 Å². The van der Waals surface area contributed by atoms with Gasteiger partial charge in [-0.25, -0.2) is 0 Å². The largest absolute Gasteiger partial charge is 0.491 e. The van der Waals surface area contributed by atoms with Crippen LogP contribution in [0.25, 0.3) is 6.08 Å². The Labute approximate surface area is 180 Å². The second-order valence-corrected chi connectivity index (χ2v) is 8.09. The number of fused-ring (bicyclic) bond motifs is 1. The average Bonchev–Trinajstić information content (AvgIpc) is 3.26. The third-order valence-corrected chi connectivity index (χ3v) is 6.26. The Morgan fingerprint density at radius 2 is 1.83 bits per heavy atom. The number of halogens is 1. The van der Waals surface area contributed by atoms with Crippen molar-refractivity contribution in [3.8, 4) is 5.75 Å². The summed E-state index contributed by atoms with van der Waals surface area (Å²) in [6.45, 7) is 3.74. The third kappa shape index (κ3) is 3.75. The molecule has 2 aliphatic rings. The molecule has 2 aliphatic heterocycles. The van der Waals surface area contributed by atoms with Crippen molar-refractivity contribution < 1.29 is 29.9 Å². The molecular weight excluding hydrogens is 408 g/mol. The van der Waals surface area contributed by atoms with Crippen LogP contribution < -0.4 is 4.74 Å². The lowest BCUT2D eigenvalue weighted by molar-refractivity contribution is -0.231. The number of hydrogen-bond acceptors (Lipinski definition) is 6. The van der Waals surface area contributed by atoms with Gasteiger partial charge in [0.1, 0.15) is 36.3 Å². The van der Waals surface area contributed by atoms with Crippen LogP contribution in [-0.4, -0.2) is 58.1 Å². The lowest BCUT2D eigenvalue weighted by Crippen LogP contribution is -2.55. The van der Waals surface area contributed by atoms with Gasteiger partial charge in [-0.2, -0.15) is 0 Å². The van der Waals surface area contributed by atoms with Crippen molar-refractivity contribution in [3.63, 3.8) is 0 Å². The summed E-state index contributed by atoms with van der Waals surface area (Å²) in [5.74, 6) is 0.559. The van der Waals surface area contributed by atoms with E-state index in [-0.39, 0.29) is 0 Å². The Kier molecular flexibility index (Phi) is 6.16. The minimum Gasteiger partial charge on any atom is -0.491 e. The summed E-state index contributed by atoms with van der Waals surface area (Å²) >= 11 is 6.64. The SMILES string of the molecule is C=Cc1ccc(Cc2cc(C3OC(CO)[C@@H](O)C(O)[C@H]3O)c3c(c2Cl)OCC3)cc1. The zero-order chi connectivity index (χ0) is 21.4. The molecule has 160 valence electrons. The smallest absolute Gasteiger partial charge is 0.141 e. The predicted molar refractivity (Wildman–Crippen MR) is 113 cm³/mol. The van der Waals surface area contributed by atoms with Gasteiger partial charge >= 0.3 is 0 Å². The molecule has 4 rings (SSSR count). The molecule has 5 atom stereocenters. The van der Waals surface area contributed by atoms with Crippen LogP contribution in [-0.2, 0) is 17.6 Å². The monoisotopic (exact) mass is 432 g/mol. The molecule has 2 heterocycles. The van der Waals surface area contributed by atoms with Crippen molar-refractivity contribution in [2.45, 2.75) is 43.4 Å². The highest BCUT2D eigenvalue weighted by Gasteiger charge is 2.45. The molecule has 30 heavy (non-hydrogen) atoms. The van der Waals surface area contributed by atoms with Gasteiger partial charge in [-0.1, -0.05) is 54.6 Å². The number of ether oxygens (including phenoxy) is 2. The van der Waals surface area contributed by atoms with Gasteiger partial charge in [-0.05, 0) is 28.7 Å². The summed E-state index contributed by atoms with van der Waals surface area (Å²) in [6, 6.07) is 9.80. The van der Waals surface area contributed by atoms with Crippen molar-refractivity contribution >= 4 is 17.7 Å². The zero-order valence-electron chi connectivity index (χ0n) is 16.4. The van der Waals surface area contributed by atoms with Crippen molar-refractivity contribution in [2.75, 3.05) is 13.2 Å². The molecule has 0 radical (unpaired) electrons. The van der Waals surface area contributed by atoms with Crippen LogP contribution in [0.1, 0.15) is 33.9 Å². The van der Waals surface area contributed by atoms with Crippen LogP contribution in [0.3, 0.4) is 0 Å². The highest BCUT2D eigenvalue weighted by atomic mass is 35.5. The van der Waals surface area contributed by atoms with E-state index in [0.29, 0.717) is 35.8 Å². The number of aliphatic hydroxyl groups excluding tert-OH is 4. The molecule has 1 saturated heterocycles.